The van der Waals surface area contributed by atoms with Crippen molar-refractivity contribution in [1.82, 2.24) is 19.4 Å². The van der Waals surface area contributed by atoms with Crippen LogP contribution in [0.15, 0.2) is 48.5 Å². The van der Waals surface area contributed by atoms with E-state index in [1.807, 2.05) is 0 Å². The highest BCUT2D eigenvalue weighted by Crippen LogP contribution is 2.26. The van der Waals surface area contributed by atoms with Crippen molar-refractivity contribution in [2.75, 3.05) is 39.8 Å². The van der Waals surface area contributed by atoms with E-state index >= 15 is 0 Å². The molecular weight excluding hydrogens is 384 g/mol. The van der Waals surface area contributed by atoms with Gasteiger partial charge in [-0.3, -0.25) is 4.90 Å². The number of imidazole rings is 1. The van der Waals surface area contributed by atoms with E-state index in [1.54, 1.807) is 0 Å². The topological polar surface area (TPSA) is 33.5 Å². The maximum absolute atomic E-state index is 5.96. The molecule has 2 aromatic carbocycles. The molecule has 0 bridgehead atoms. The minimum atomic E-state index is 0.328. The third-order valence-electron chi connectivity index (χ3n) is 6.52. The van der Waals surface area contributed by atoms with Crippen molar-refractivity contribution in [3.63, 3.8) is 0 Å². The molecule has 1 aliphatic heterocycles. The first-order valence-electron chi connectivity index (χ1n) is 11.7. The number of fused-ring (bicyclic) bond motifs is 1. The van der Waals surface area contributed by atoms with Crippen LogP contribution in [0.1, 0.15) is 44.1 Å². The predicted octanol–water partition coefficient (Wildman–Crippen LogP) is 4.77. The first-order chi connectivity index (χ1) is 15.2. The molecular formula is C26H36N4O. The number of piperazine rings is 1. The molecule has 1 atom stereocenters. The highest BCUT2D eigenvalue weighted by atomic mass is 16.5. The summed E-state index contributed by atoms with van der Waals surface area (Å²) in [7, 11) is 2.21. The van der Waals surface area contributed by atoms with Crippen LogP contribution < -0.4 is 4.74 Å². The Morgan fingerprint density at radius 3 is 2.45 bits per heavy atom. The zero-order valence-corrected chi connectivity index (χ0v) is 19.3. The average Bonchev–Trinajstić information content (AvgIpc) is 3.18. The van der Waals surface area contributed by atoms with Crippen LogP contribution in [0.2, 0.25) is 0 Å². The normalized spacial score (nSPS) is 16.6. The molecule has 2 heterocycles. The van der Waals surface area contributed by atoms with Crippen LogP contribution in [0.25, 0.3) is 11.0 Å². The lowest BCUT2D eigenvalue weighted by Gasteiger charge is -2.36. The molecule has 0 aliphatic carbocycles. The van der Waals surface area contributed by atoms with Gasteiger partial charge in [0.25, 0.3) is 0 Å². The molecule has 0 amide bonds. The standard InChI is InChI=1S/C26H36N4O/c1-4-22-11-13-23(14-12-22)31-20-8-7-15-30-25-10-6-5-9-24(25)27-26(30)21(2)29-18-16-28(3)17-19-29/h5-6,9-14,21H,4,7-8,15-20H2,1-3H3. The Bertz CT molecular complexity index is 957. The van der Waals surface area contributed by atoms with Crippen molar-refractivity contribution in [3.8, 4) is 5.75 Å². The van der Waals surface area contributed by atoms with Gasteiger partial charge < -0.3 is 14.2 Å². The van der Waals surface area contributed by atoms with E-state index in [4.69, 9.17) is 9.72 Å². The van der Waals surface area contributed by atoms with Gasteiger partial charge in [-0.1, -0.05) is 31.2 Å². The Hall–Kier alpha value is -2.37. The number of hydrogen-bond acceptors (Lipinski definition) is 4. The summed E-state index contributed by atoms with van der Waals surface area (Å²) in [5, 5.41) is 0. The first kappa shape index (κ1) is 21.8. The maximum atomic E-state index is 5.96. The second-order valence-electron chi connectivity index (χ2n) is 8.68. The van der Waals surface area contributed by atoms with Crippen molar-refractivity contribution >= 4 is 11.0 Å². The molecule has 31 heavy (non-hydrogen) atoms. The van der Waals surface area contributed by atoms with E-state index < -0.39 is 0 Å². The Morgan fingerprint density at radius 1 is 0.968 bits per heavy atom. The minimum absolute atomic E-state index is 0.328. The molecule has 5 nitrogen and oxygen atoms in total. The Labute approximate surface area is 186 Å². The molecule has 0 spiro atoms. The fourth-order valence-corrected chi connectivity index (χ4v) is 4.40. The lowest BCUT2D eigenvalue weighted by atomic mass is 10.2. The van der Waals surface area contributed by atoms with Gasteiger partial charge >= 0.3 is 0 Å². The van der Waals surface area contributed by atoms with E-state index in [-0.39, 0.29) is 0 Å². The number of likely N-dealkylation sites (N-methyl/N-ethyl adjacent to an activating group) is 1. The van der Waals surface area contributed by atoms with Crippen LogP contribution in [0.4, 0.5) is 0 Å². The van der Waals surface area contributed by atoms with E-state index in [0.29, 0.717) is 6.04 Å². The van der Waals surface area contributed by atoms with Gasteiger partial charge in [0.1, 0.15) is 11.6 Å². The lowest BCUT2D eigenvalue weighted by molar-refractivity contribution is 0.113. The number of aromatic nitrogens is 2. The van der Waals surface area contributed by atoms with Gasteiger partial charge in [-0.2, -0.15) is 0 Å². The Morgan fingerprint density at radius 2 is 1.71 bits per heavy atom. The summed E-state index contributed by atoms with van der Waals surface area (Å²) in [5.41, 5.74) is 3.70. The molecule has 0 N–H and O–H groups in total. The van der Waals surface area contributed by atoms with Crippen molar-refractivity contribution in [1.29, 1.82) is 0 Å². The van der Waals surface area contributed by atoms with E-state index in [1.165, 1.54) is 16.9 Å². The highest BCUT2D eigenvalue weighted by Gasteiger charge is 2.24. The number of unbranched alkanes of at least 4 members (excludes halogenated alkanes) is 1. The third kappa shape index (κ3) is 5.28. The Kier molecular flexibility index (Phi) is 7.25. The zero-order valence-electron chi connectivity index (χ0n) is 19.3. The minimum Gasteiger partial charge on any atom is -0.494 e. The van der Waals surface area contributed by atoms with Gasteiger partial charge in [-0.05, 0) is 63.1 Å². The van der Waals surface area contributed by atoms with Crippen molar-refractivity contribution in [2.45, 2.75) is 45.7 Å². The summed E-state index contributed by atoms with van der Waals surface area (Å²) >= 11 is 0. The third-order valence-corrected chi connectivity index (χ3v) is 6.52. The van der Waals surface area contributed by atoms with Gasteiger partial charge in [0.05, 0.1) is 23.7 Å². The molecule has 0 saturated carbocycles. The summed E-state index contributed by atoms with van der Waals surface area (Å²) < 4.78 is 8.40. The fourth-order valence-electron chi connectivity index (χ4n) is 4.40. The number of ether oxygens (including phenoxy) is 1. The number of aryl methyl sites for hydroxylation is 2. The smallest absolute Gasteiger partial charge is 0.127 e. The first-order valence-corrected chi connectivity index (χ1v) is 11.7. The van der Waals surface area contributed by atoms with Crippen LogP contribution in [0.3, 0.4) is 0 Å². The van der Waals surface area contributed by atoms with E-state index in [9.17, 15) is 0 Å². The van der Waals surface area contributed by atoms with Crippen LogP contribution in [0, 0.1) is 0 Å². The molecule has 5 heteroatoms. The zero-order chi connectivity index (χ0) is 21.6. The maximum Gasteiger partial charge on any atom is 0.127 e. The van der Waals surface area contributed by atoms with Gasteiger partial charge in [0.15, 0.2) is 0 Å². The average molecular weight is 421 g/mol. The lowest BCUT2D eigenvalue weighted by Crippen LogP contribution is -2.45. The number of rotatable bonds is 9. The Balaban J connectivity index is 1.38. The van der Waals surface area contributed by atoms with E-state index in [2.05, 4.69) is 83.8 Å². The number of nitrogens with zero attached hydrogens (tertiary/aromatic N) is 4. The molecule has 1 saturated heterocycles. The van der Waals surface area contributed by atoms with Crippen LogP contribution >= 0.6 is 0 Å². The van der Waals surface area contributed by atoms with Crippen molar-refractivity contribution < 1.29 is 4.74 Å². The second-order valence-corrected chi connectivity index (χ2v) is 8.68. The van der Waals surface area contributed by atoms with Crippen molar-refractivity contribution in [2.24, 2.45) is 0 Å². The van der Waals surface area contributed by atoms with Crippen molar-refractivity contribution in [3.05, 3.63) is 59.9 Å². The molecule has 0 radical (unpaired) electrons. The molecule has 3 aromatic rings. The molecule has 1 aromatic heterocycles. The summed E-state index contributed by atoms with van der Waals surface area (Å²) in [6, 6.07) is 17.3. The van der Waals surface area contributed by atoms with Crippen LogP contribution in [-0.2, 0) is 13.0 Å². The highest BCUT2D eigenvalue weighted by molar-refractivity contribution is 5.76. The molecule has 1 aliphatic rings. The predicted molar refractivity (Wildman–Crippen MR) is 128 cm³/mol. The van der Waals surface area contributed by atoms with Crippen LogP contribution in [-0.4, -0.2) is 59.2 Å². The van der Waals surface area contributed by atoms with Gasteiger partial charge in [-0.15, -0.1) is 0 Å². The van der Waals surface area contributed by atoms with E-state index in [0.717, 1.165) is 69.9 Å². The van der Waals surface area contributed by atoms with Crippen LogP contribution in [0.5, 0.6) is 5.75 Å². The summed E-state index contributed by atoms with van der Waals surface area (Å²) in [6.45, 7) is 10.7. The quantitative estimate of drug-likeness (QED) is 0.467. The van der Waals surface area contributed by atoms with Gasteiger partial charge in [0.2, 0.25) is 0 Å². The molecule has 166 valence electrons. The second kappa shape index (κ2) is 10.3. The summed E-state index contributed by atoms with van der Waals surface area (Å²) in [4.78, 5) is 10.0. The number of para-hydroxylation sites is 2. The molecule has 1 unspecified atom stereocenters. The molecule has 4 rings (SSSR count). The van der Waals surface area contributed by atoms with Gasteiger partial charge in [-0.25, -0.2) is 4.98 Å². The summed E-state index contributed by atoms with van der Waals surface area (Å²) in [5.74, 6) is 2.16. The number of hydrogen-bond donors (Lipinski definition) is 0. The number of benzene rings is 2. The van der Waals surface area contributed by atoms with Gasteiger partial charge in [0, 0.05) is 32.7 Å². The summed E-state index contributed by atoms with van der Waals surface area (Å²) in [6.07, 6.45) is 3.17. The fraction of sp³-hybridized carbons (Fsp3) is 0.500. The largest absolute Gasteiger partial charge is 0.494 e. The SMILES string of the molecule is CCc1ccc(OCCCCn2c(C(C)N3CCN(C)CC3)nc3ccccc32)cc1. The molecule has 1 fully saturated rings. The monoisotopic (exact) mass is 420 g/mol.